The summed E-state index contributed by atoms with van der Waals surface area (Å²) in [6.07, 6.45) is 0.645. The number of benzene rings is 1. The molecule has 0 aliphatic heterocycles. The lowest BCUT2D eigenvalue weighted by atomic mass is 10.0. The molecule has 1 aromatic carbocycles. The van der Waals surface area contributed by atoms with Crippen molar-refractivity contribution in [3.8, 4) is 0 Å². The van der Waals surface area contributed by atoms with Crippen LogP contribution in [0.1, 0.15) is 27.2 Å². The van der Waals surface area contributed by atoms with Crippen molar-refractivity contribution in [2.75, 3.05) is 0 Å². The van der Waals surface area contributed by atoms with Gasteiger partial charge in [0.1, 0.15) is 0 Å². The van der Waals surface area contributed by atoms with Crippen LogP contribution < -0.4 is 9.86 Å². The Morgan fingerprint density at radius 1 is 1.15 bits per heavy atom. The zero-order valence-corrected chi connectivity index (χ0v) is 13.3. The van der Waals surface area contributed by atoms with Crippen LogP contribution in [0.15, 0.2) is 34.1 Å². The van der Waals surface area contributed by atoms with Crippen LogP contribution in [-0.2, 0) is 20.0 Å². The van der Waals surface area contributed by atoms with E-state index in [1.165, 1.54) is 18.2 Å². The van der Waals surface area contributed by atoms with Crippen molar-refractivity contribution >= 4 is 20.0 Å². The molecule has 3 N–H and O–H groups in total. The number of nitrogens with two attached hydrogens (primary N) is 1. The smallest absolute Gasteiger partial charge is 0.225 e. The van der Waals surface area contributed by atoms with Gasteiger partial charge in [0.2, 0.25) is 20.0 Å². The van der Waals surface area contributed by atoms with Gasteiger partial charge in [-0.3, -0.25) is 0 Å². The summed E-state index contributed by atoms with van der Waals surface area (Å²) in [4.78, 5) is -0.332. The van der Waals surface area contributed by atoms with Crippen LogP contribution in [0, 0.1) is 5.92 Å². The average Bonchev–Trinajstić information content (AvgIpc) is 2.35. The van der Waals surface area contributed by atoms with Gasteiger partial charge in [-0.15, -0.1) is 0 Å². The number of nitrogens with one attached hydrogen (secondary N) is 1. The summed E-state index contributed by atoms with van der Waals surface area (Å²) in [6, 6.07) is 4.80. The van der Waals surface area contributed by atoms with E-state index < -0.39 is 20.0 Å². The fourth-order valence-corrected chi connectivity index (χ4v) is 3.92. The van der Waals surface area contributed by atoms with E-state index in [0.29, 0.717) is 6.42 Å². The van der Waals surface area contributed by atoms with Gasteiger partial charge in [0.05, 0.1) is 9.79 Å². The third-order valence-corrected chi connectivity index (χ3v) is 5.39. The predicted molar refractivity (Wildman–Crippen MR) is 77.1 cm³/mol. The van der Waals surface area contributed by atoms with Gasteiger partial charge < -0.3 is 0 Å². The second-order valence-corrected chi connectivity index (χ2v) is 8.18. The Kier molecular flexibility index (Phi) is 5.31. The molecule has 20 heavy (non-hydrogen) atoms. The molecule has 0 spiro atoms. The van der Waals surface area contributed by atoms with E-state index in [4.69, 9.17) is 5.14 Å². The maximum absolute atomic E-state index is 12.2. The standard InChI is InChI=1S/C12H20N2O4S2/c1-4-12(9(2)3)14-20(17,18)11-7-5-6-10(8-11)19(13,15)16/h5-9,12,14H,4H2,1-3H3,(H2,13,15,16). The predicted octanol–water partition coefficient (Wildman–Crippen LogP) is 1.05. The lowest BCUT2D eigenvalue weighted by Gasteiger charge is -2.20. The molecule has 0 aliphatic rings. The van der Waals surface area contributed by atoms with Crippen LogP contribution in [0.25, 0.3) is 0 Å². The van der Waals surface area contributed by atoms with Gasteiger partial charge in [-0.05, 0) is 30.5 Å². The summed E-state index contributed by atoms with van der Waals surface area (Å²) in [7, 11) is -7.70. The molecular weight excluding hydrogens is 300 g/mol. The van der Waals surface area contributed by atoms with Crippen molar-refractivity contribution in [1.29, 1.82) is 0 Å². The summed E-state index contributed by atoms with van der Waals surface area (Å²) < 4.78 is 49.6. The fourth-order valence-electron chi connectivity index (χ4n) is 1.78. The first-order valence-corrected chi connectivity index (χ1v) is 9.26. The molecule has 0 bridgehead atoms. The number of sulfonamides is 2. The van der Waals surface area contributed by atoms with Crippen LogP contribution in [0.3, 0.4) is 0 Å². The third kappa shape index (κ3) is 4.27. The number of hydrogen-bond acceptors (Lipinski definition) is 4. The van der Waals surface area contributed by atoms with Crippen LogP contribution in [0.2, 0.25) is 0 Å². The van der Waals surface area contributed by atoms with Crippen LogP contribution in [-0.4, -0.2) is 22.9 Å². The molecule has 6 nitrogen and oxygen atoms in total. The van der Waals surface area contributed by atoms with E-state index in [9.17, 15) is 16.8 Å². The van der Waals surface area contributed by atoms with Gasteiger partial charge in [0.15, 0.2) is 0 Å². The first-order chi connectivity index (χ1) is 9.08. The Morgan fingerprint density at radius 2 is 1.70 bits per heavy atom. The molecule has 0 aromatic heterocycles. The first-order valence-electron chi connectivity index (χ1n) is 6.23. The monoisotopic (exact) mass is 320 g/mol. The molecule has 8 heteroatoms. The molecule has 0 radical (unpaired) electrons. The highest BCUT2D eigenvalue weighted by Gasteiger charge is 2.22. The van der Waals surface area contributed by atoms with Crippen LogP contribution >= 0.6 is 0 Å². The number of primary sulfonamides is 1. The molecular formula is C12H20N2O4S2. The third-order valence-electron chi connectivity index (χ3n) is 3.00. The molecule has 1 atom stereocenters. The highest BCUT2D eigenvalue weighted by Crippen LogP contribution is 2.16. The van der Waals surface area contributed by atoms with E-state index in [0.717, 1.165) is 6.07 Å². The quantitative estimate of drug-likeness (QED) is 0.817. The van der Waals surface area contributed by atoms with Crippen LogP contribution in [0.5, 0.6) is 0 Å². The van der Waals surface area contributed by atoms with Crippen LogP contribution in [0.4, 0.5) is 0 Å². The molecule has 0 aliphatic carbocycles. The Hall–Kier alpha value is -0.960. The second-order valence-electron chi connectivity index (χ2n) is 4.90. The van der Waals surface area contributed by atoms with Gasteiger partial charge in [-0.2, -0.15) is 0 Å². The molecule has 0 fully saturated rings. The lowest BCUT2D eigenvalue weighted by Crippen LogP contribution is -2.38. The summed E-state index contributed by atoms with van der Waals surface area (Å²) in [6.45, 7) is 5.71. The Labute approximate surface area is 120 Å². The average molecular weight is 320 g/mol. The highest BCUT2D eigenvalue weighted by atomic mass is 32.2. The minimum Gasteiger partial charge on any atom is -0.225 e. The molecule has 0 saturated heterocycles. The highest BCUT2D eigenvalue weighted by molar-refractivity contribution is 7.90. The van der Waals surface area contributed by atoms with Gasteiger partial charge in [0.25, 0.3) is 0 Å². The maximum Gasteiger partial charge on any atom is 0.240 e. The Balaban J connectivity index is 3.17. The molecule has 114 valence electrons. The van der Waals surface area contributed by atoms with E-state index >= 15 is 0 Å². The van der Waals surface area contributed by atoms with E-state index in [-0.39, 0.29) is 21.8 Å². The van der Waals surface area contributed by atoms with Gasteiger partial charge in [-0.1, -0.05) is 26.8 Å². The molecule has 0 heterocycles. The Morgan fingerprint density at radius 3 is 2.15 bits per heavy atom. The zero-order chi connectivity index (χ0) is 15.6. The second kappa shape index (κ2) is 6.21. The van der Waals surface area contributed by atoms with Gasteiger partial charge in [-0.25, -0.2) is 26.7 Å². The van der Waals surface area contributed by atoms with Crippen molar-refractivity contribution in [3.05, 3.63) is 24.3 Å². The zero-order valence-electron chi connectivity index (χ0n) is 11.7. The number of rotatable bonds is 6. The van der Waals surface area contributed by atoms with Gasteiger partial charge >= 0.3 is 0 Å². The van der Waals surface area contributed by atoms with Crippen molar-refractivity contribution < 1.29 is 16.8 Å². The summed E-state index contributed by atoms with van der Waals surface area (Å²) in [5, 5.41) is 5.00. The Bertz CT molecular complexity index is 666. The molecule has 1 unspecified atom stereocenters. The van der Waals surface area contributed by atoms with E-state index in [1.54, 1.807) is 0 Å². The van der Waals surface area contributed by atoms with E-state index in [1.807, 2.05) is 20.8 Å². The molecule has 1 aromatic rings. The maximum atomic E-state index is 12.2. The molecule has 1 rings (SSSR count). The molecule has 0 saturated carbocycles. The van der Waals surface area contributed by atoms with Crippen molar-refractivity contribution in [2.24, 2.45) is 11.1 Å². The van der Waals surface area contributed by atoms with Crippen molar-refractivity contribution in [3.63, 3.8) is 0 Å². The topological polar surface area (TPSA) is 106 Å². The minimum absolute atomic E-state index is 0.108. The SMILES string of the molecule is CCC(NS(=O)(=O)c1cccc(S(N)(=O)=O)c1)C(C)C. The largest absolute Gasteiger partial charge is 0.240 e. The summed E-state index contributed by atoms with van der Waals surface area (Å²) in [5.41, 5.74) is 0. The fraction of sp³-hybridized carbons (Fsp3) is 0.500. The number of hydrogen-bond donors (Lipinski definition) is 2. The van der Waals surface area contributed by atoms with Gasteiger partial charge in [0, 0.05) is 6.04 Å². The summed E-state index contributed by atoms with van der Waals surface area (Å²) >= 11 is 0. The summed E-state index contributed by atoms with van der Waals surface area (Å²) in [5.74, 6) is 0.135. The molecule has 0 amide bonds. The van der Waals surface area contributed by atoms with E-state index in [2.05, 4.69) is 4.72 Å². The first kappa shape index (κ1) is 17.1. The van der Waals surface area contributed by atoms with Crippen molar-refractivity contribution in [2.45, 2.75) is 43.0 Å². The van der Waals surface area contributed by atoms with Crippen molar-refractivity contribution in [1.82, 2.24) is 4.72 Å². The minimum atomic E-state index is -3.93. The lowest BCUT2D eigenvalue weighted by molar-refractivity contribution is 0.437. The normalized spacial score (nSPS) is 14.4.